The van der Waals surface area contributed by atoms with Gasteiger partial charge in [-0.3, -0.25) is 4.79 Å². The van der Waals surface area contributed by atoms with Gasteiger partial charge in [0.15, 0.2) is 0 Å². The van der Waals surface area contributed by atoms with E-state index in [0.717, 1.165) is 0 Å². The number of piperazine rings is 1. The second-order valence-electron chi connectivity index (χ2n) is 5.81. The lowest BCUT2D eigenvalue weighted by molar-refractivity contribution is -0.112. The van der Waals surface area contributed by atoms with Crippen LogP contribution in [0.3, 0.4) is 0 Å². The number of carbonyl (C=O) groups excluding carboxylic acids is 1. The minimum atomic E-state index is -0.496. The highest BCUT2D eigenvalue weighted by molar-refractivity contribution is 6.42. The Labute approximate surface area is 166 Å². The molecule has 0 aliphatic carbocycles. The molecule has 0 atom stereocenters. The fourth-order valence-corrected chi connectivity index (χ4v) is 2.90. The number of hydrogen-bond donors (Lipinski definition) is 1. The van der Waals surface area contributed by atoms with Gasteiger partial charge in [-0.15, -0.1) is 0 Å². The number of nitrogens with zero attached hydrogens (tertiary/aromatic N) is 5. The van der Waals surface area contributed by atoms with Crippen LogP contribution >= 0.6 is 23.2 Å². The van der Waals surface area contributed by atoms with Gasteiger partial charge in [-0.2, -0.15) is 5.26 Å². The van der Waals surface area contributed by atoms with E-state index in [1.165, 1.54) is 6.07 Å². The highest BCUT2D eigenvalue weighted by Gasteiger charge is 2.19. The molecule has 1 N–H and O–H groups in total. The van der Waals surface area contributed by atoms with Crippen molar-refractivity contribution in [3.8, 4) is 6.07 Å². The maximum absolute atomic E-state index is 12.4. The van der Waals surface area contributed by atoms with E-state index in [-0.39, 0.29) is 5.57 Å². The molecule has 3 rings (SSSR count). The number of amides is 1. The van der Waals surface area contributed by atoms with Crippen molar-refractivity contribution in [2.75, 3.05) is 36.4 Å². The summed E-state index contributed by atoms with van der Waals surface area (Å²) < 4.78 is 0. The Balaban J connectivity index is 1.62. The molecule has 1 fully saturated rings. The summed E-state index contributed by atoms with van der Waals surface area (Å²) in [6.45, 7) is 2.72. The van der Waals surface area contributed by atoms with E-state index in [1.807, 2.05) is 11.0 Å². The highest BCUT2D eigenvalue weighted by atomic mass is 35.5. The molecule has 2 heterocycles. The zero-order chi connectivity index (χ0) is 19.2. The Bertz CT molecular complexity index is 888. The van der Waals surface area contributed by atoms with E-state index < -0.39 is 5.91 Å². The number of aromatic nitrogens is 2. The van der Waals surface area contributed by atoms with Gasteiger partial charge >= 0.3 is 0 Å². The van der Waals surface area contributed by atoms with Gasteiger partial charge in [0.25, 0.3) is 5.91 Å². The lowest BCUT2D eigenvalue weighted by atomic mass is 10.2. The Hall–Kier alpha value is -2.82. The molecule has 1 aromatic carbocycles. The number of nitriles is 1. The Morgan fingerprint density at radius 1 is 1.15 bits per heavy atom. The normalized spacial score (nSPS) is 14.6. The first-order chi connectivity index (χ1) is 13.1. The number of benzene rings is 1. The van der Waals surface area contributed by atoms with Crippen molar-refractivity contribution >= 4 is 40.7 Å². The fourth-order valence-electron chi connectivity index (χ4n) is 2.60. The van der Waals surface area contributed by atoms with Crippen LogP contribution in [0.1, 0.15) is 0 Å². The number of anilines is 2. The molecular weight excluding hydrogens is 387 g/mol. The van der Waals surface area contributed by atoms with Gasteiger partial charge < -0.3 is 15.1 Å². The second-order valence-corrected chi connectivity index (χ2v) is 6.62. The Kier molecular flexibility index (Phi) is 6.12. The van der Waals surface area contributed by atoms with E-state index in [2.05, 4.69) is 20.2 Å². The summed E-state index contributed by atoms with van der Waals surface area (Å²) in [5.41, 5.74) is 0.493. The van der Waals surface area contributed by atoms with E-state index in [9.17, 15) is 10.1 Å². The predicted molar refractivity (Wildman–Crippen MR) is 105 cm³/mol. The Morgan fingerprint density at radius 3 is 2.48 bits per heavy atom. The van der Waals surface area contributed by atoms with Crippen LogP contribution in [-0.2, 0) is 4.79 Å². The standard InChI is InChI=1S/C18H16Cl2N6O/c19-15-3-2-14(10-16(15)20)24-17(27)13(11-21)12-25-6-8-26(9-7-25)18-22-4-1-5-23-18/h1-5,10,12H,6-9H2,(H,24,27)/b13-12-. The van der Waals surface area contributed by atoms with Crippen LogP contribution in [0.2, 0.25) is 10.0 Å². The number of rotatable bonds is 4. The third kappa shape index (κ3) is 4.88. The summed E-state index contributed by atoms with van der Waals surface area (Å²) in [5, 5.41) is 12.7. The first-order valence-corrected chi connectivity index (χ1v) is 8.97. The van der Waals surface area contributed by atoms with Crippen LogP contribution in [-0.4, -0.2) is 47.0 Å². The number of carbonyl (C=O) groups is 1. The number of halogens is 2. The van der Waals surface area contributed by atoms with Gasteiger partial charge in [-0.25, -0.2) is 9.97 Å². The van der Waals surface area contributed by atoms with Crippen molar-refractivity contribution in [2.24, 2.45) is 0 Å². The number of nitrogens with one attached hydrogen (secondary N) is 1. The second kappa shape index (κ2) is 8.71. The molecule has 0 unspecified atom stereocenters. The molecule has 0 saturated carbocycles. The van der Waals surface area contributed by atoms with Crippen molar-refractivity contribution < 1.29 is 4.79 Å². The summed E-state index contributed by atoms with van der Waals surface area (Å²) in [6.07, 6.45) is 4.99. The van der Waals surface area contributed by atoms with Crippen molar-refractivity contribution in [1.82, 2.24) is 14.9 Å². The van der Waals surface area contributed by atoms with Crippen LogP contribution in [0.4, 0.5) is 11.6 Å². The first-order valence-electron chi connectivity index (χ1n) is 8.21. The van der Waals surface area contributed by atoms with Crippen LogP contribution in [0.5, 0.6) is 0 Å². The van der Waals surface area contributed by atoms with E-state index in [1.54, 1.807) is 36.8 Å². The minimum absolute atomic E-state index is 0.0190. The lowest BCUT2D eigenvalue weighted by Gasteiger charge is -2.34. The molecule has 1 aromatic heterocycles. The lowest BCUT2D eigenvalue weighted by Crippen LogP contribution is -2.45. The monoisotopic (exact) mass is 402 g/mol. The molecule has 0 spiro atoms. The summed E-state index contributed by atoms with van der Waals surface area (Å²) in [5.74, 6) is 0.184. The van der Waals surface area contributed by atoms with Crippen LogP contribution in [0.25, 0.3) is 0 Å². The van der Waals surface area contributed by atoms with Crippen LogP contribution in [0, 0.1) is 11.3 Å². The van der Waals surface area contributed by atoms with Gasteiger partial charge in [-0.1, -0.05) is 23.2 Å². The van der Waals surface area contributed by atoms with Gasteiger partial charge in [0.2, 0.25) is 5.95 Å². The molecule has 27 heavy (non-hydrogen) atoms. The molecular formula is C18H16Cl2N6O. The molecule has 0 bridgehead atoms. The van der Waals surface area contributed by atoms with Gasteiger partial charge in [-0.05, 0) is 24.3 Å². The van der Waals surface area contributed by atoms with Gasteiger partial charge in [0.05, 0.1) is 10.0 Å². The topological polar surface area (TPSA) is 85.2 Å². The molecule has 7 nitrogen and oxygen atoms in total. The predicted octanol–water partition coefficient (Wildman–Crippen LogP) is 2.95. The van der Waals surface area contributed by atoms with Gasteiger partial charge in [0, 0.05) is 50.5 Å². The smallest absolute Gasteiger partial charge is 0.267 e. The van der Waals surface area contributed by atoms with Crippen molar-refractivity contribution in [3.63, 3.8) is 0 Å². The number of hydrogen-bond acceptors (Lipinski definition) is 6. The highest BCUT2D eigenvalue weighted by Crippen LogP contribution is 2.25. The van der Waals surface area contributed by atoms with Crippen molar-refractivity contribution in [1.29, 1.82) is 5.26 Å². The summed E-state index contributed by atoms with van der Waals surface area (Å²) in [6, 6.07) is 8.47. The van der Waals surface area contributed by atoms with E-state index in [0.29, 0.717) is 47.9 Å². The zero-order valence-electron chi connectivity index (χ0n) is 14.3. The molecule has 1 aliphatic rings. The third-order valence-corrected chi connectivity index (χ3v) is 4.74. The third-order valence-electron chi connectivity index (χ3n) is 4.00. The molecule has 2 aromatic rings. The minimum Gasteiger partial charge on any atom is -0.373 e. The fraction of sp³-hybridized carbons (Fsp3) is 0.222. The summed E-state index contributed by atoms with van der Waals surface area (Å²) in [4.78, 5) is 24.8. The quantitative estimate of drug-likeness (QED) is 0.624. The summed E-state index contributed by atoms with van der Waals surface area (Å²) >= 11 is 11.8. The SMILES string of the molecule is N#C/C(=C/N1CCN(c2ncccn2)CC1)C(=O)Nc1ccc(Cl)c(Cl)c1. The van der Waals surface area contributed by atoms with E-state index >= 15 is 0 Å². The maximum atomic E-state index is 12.4. The average molecular weight is 403 g/mol. The van der Waals surface area contributed by atoms with Gasteiger partial charge in [0.1, 0.15) is 11.6 Å². The first kappa shape index (κ1) is 19.0. The van der Waals surface area contributed by atoms with Crippen molar-refractivity contribution in [2.45, 2.75) is 0 Å². The molecule has 9 heteroatoms. The molecule has 1 saturated heterocycles. The molecule has 138 valence electrons. The van der Waals surface area contributed by atoms with E-state index in [4.69, 9.17) is 23.2 Å². The Morgan fingerprint density at radius 2 is 1.85 bits per heavy atom. The molecule has 1 amide bonds. The van der Waals surface area contributed by atoms with Crippen LogP contribution in [0.15, 0.2) is 48.4 Å². The summed E-state index contributed by atoms with van der Waals surface area (Å²) in [7, 11) is 0. The van der Waals surface area contributed by atoms with Crippen LogP contribution < -0.4 is 10.2 Å². The molecule has 0 radical (unpaired) electrons. The van der Waals surface area contributed by atoms with Crippen molar-refractivity contribution in [3.05, 3.63) is 58.5 Å². The maximum Gasteiger partial charge on any atom is 0.267 e. The zero-order valence-corrected chi connectivity index (χ0v) is 15.8. The molecule has 1 aliphatic heterocycles. The largest absolute Gasteiger partial charge is 0.373 e. The average Bonchev–Trinajstić information content (AvgIpc) is 2.70.